The van der Waals surface area contributed by atoms with E-state index < -0.39 is 0 Å². The highest BCUT2D eigenvalue weighted by Crippen LogP contribution is 2.26. The second-order valence-corrected chi connectivity index (χ2v) is 6.78. The molecule has 4 nitrogen and oxygen atoms in total. The van der Waals surface area contributed by atoms with Gasteiger partial charge in [-0.2, -0.15) is 0 Å². The van der Waals surface area contributed by atoms with E-state index in [1.165, 1.54) is 11.3 Å². The summed E-state index contributed by atoms with van der Waals surface area (Å²) in [4.78, 5) is 16.4. The largest absolute Gasteiger partial charge is 0.325 e. The number of thiazole rings is 1. The van der Waals surface area contributed by atoms with Crippen LogP contribution in [-0.2, 0) is 0 Å². The number of nitrogens with zero attached hydrogens (tertiary/aromatic N) is 1. The minimum Gasteiger partial charge on any atom is -0.306 e. The maximum absolute atomic E-state index is 12.0. The predicted octanol–water partition coefficient (Wildman–Crippen LogP) is 5.87. The fraction of sp³-hybridized carbons (Fsp3) is 0. The molecule has 3 aromatic rings. The van der Waals surface area contributed by atoms with Crippen LogP contribution in [0.25, 0.3) is 11.3 Å². The van der Waals surface area contributed by atoms with Gasteiger partial charge in [0.1, 0.15) is 0 Å². The summed E-state index contributed by atoms with van der Waals surface area (Å²) < 4.78 is 1.01. The van der Waals surface area contributed by atoms with Crippen LogP contribution in [0.1, 0.15) is 0 Å². The summed E-state index contributed by atoms with van der Waals surface area (Å²) in [5.74, 6) is 0. The van der Waals surface area contributed by atoms with E-state index in [1.54, 1.807) is 24.3 Å². The minimum absolute atomic E-state index is 0.380. The number of nitrogens with one attached hydrogen (secondary N) is 2. The minimum atomic E-state index is -0.380. The molecular formula is C16H11BrClN3OS. The molecule has 1 aromatic heterocycles. The molecule has 23 heavy (non-hydrogen) atoms. The van der Waals surface area contributed by atoms with Gasteiger partial charge in [0.05, 0.1) is 16.4 Å². The van der Waals surface area contributed by atoms with Crippen LogP contribution in [0.3, 0.4) is 0 Å². The van der Waals surface area contributed by atoms with Gasteiger partial charge in [0, 0.05) is 15.4 Å². The molecule has 2 amide bonds. The van der Waals surface area contributed by atoms with Gasteiger partial charge in [-0.15, -0.1) is 11.3 Å². The Morgan fingerprint density at radius 2 is 1.83 bits per heavy atom. The molecule has 2 N–H and O–H groups in total. The number of para-hydroxylation sites is 1. The summed E-state index contributed by atoms with van der Waals surface area (Å²) in [6, 6.07) is 14.5. The predicted molar refractivity (Wildman–Crippen MR) is 99.3 cm³/mol. The normalized spacial score (nSPS) is 10.3. The molecule has 0 fully saturated rings. The molecule has 3 rings (SSSR count). The van der Waals surface area contributed by atoms with Crippen LogP contribution in [-0.4, -0.2) is 11.0 Å². The number of anilines is 2. The van der Waals surface area contributed by atoms with Crippen LogP contribution in [0, 0.1) is 0 Å². The van der Waals surface area contributed by atoms with Crippen LogP contribution in [0.2, 0.25) is 5.02 Å². The van der Waals surface area contributed by atoms with Crippen molar-refractivity contribution in [2.45, 2.75) is 0 Å². The Labute approximate surface area is 150 Å². The second kappa shape index (κ2) is 7.12. The zero-order valence-corrected chi connectivity index (χ0v) is 14.9. The lowest BCUT2D eigenvalue weighted by atomic mass is 10.2. The lowest BCUT2D eigenvalue weighted by molar-refractivity contribution is 0.262. The quantitative estimate of drug-likeness (QED) is 0.569. The summed E-state index contributed by atoms with van der Waals surface area (Å²) in [7, 11) is 0. The van der Waals surface area contributed by atoms with Crippen molar-refractivity contribution in [3.8, 4) is 11.3 Å². The molecule has 116 valence electrons. The topological polar surface area (TPSA) is 54.0 Å². The Morgan fingerprint density at radius 1 is 1.09 bits per heavy atom. The van der Waals surface area contributed by atoms with Crippen LogP contribution >= 0.6 is 38.9 Å². The molecule has 0 saturated heterocycles. The first kappa shape index (κ1) is 16.0. The number of benzene rings is 2. The lowest BCUT2D eigenvalue weighted by Gasteiger charge is -2.06. The lowest BCUT2D eigenvalue weighted by Crippen LogP contribution is -2.19. The van der Waals surface area contributed by atoms with E-state index in [4.69, 9.17) is 11.6 Å². The molecule has 0 atom stereocenters. The van der Waals surface area contributed by atoms with Crippen LogP contribution < -0.4 is 10.6 Å². The third-order valence-electron chi connectivity index (χ3n) is 2.99. The number of carbonyl (C=O) groups excluding carboxylic acids is 1. The summed E-state index contributed by atoms with van der Waals surface area (Å²) in [6.07, 6.45) is 0. The number of amides is 2. The molecule has 0 saturated carbocycles. The van der Waals surface area contributed by atoms with Gasteiger partial charge in [-0.25, -0.2) is 9.78 Å². The monoisotopic (exact) mass is 407 g/mol. The fourth-order valence-electron chi connectivity index (χ4n) is 1.90. The molecule has 0 unspecified atom stereocenters. The van der Waals surface area contributed by atoms with Crippen molar-refractivity contribution in [2.75, 3.05) is 10.6 Å². The van der Waals surface area contributed by atoms with Gasteiger partial charge in [-0.3, -0.25) is 5.32 Å². The van der Waals surface area contributed by atoms with Crippen molar-refractivity contribution in [3.05, 3.63) is 63.4 Å². The van der Waals surface area contributed by atoms with E-state index in [-0.39, 0.29) is 6.03 Å². The van der Waals surface area contributed by atoms with Gasteiger partial charge in [-0.05, 0) is 24.3 Å². The van der Waals surface area contributed by atoms with Crippen molar-refractivity contribution < 1.29 is 4.79 Å². The SMILES string of the molecule is O=C(Nc1nc(-c2ccc(Br)cc2)cs1)Nc1ccccc1Cl. The maximum atomic E-state index is 12.0. The summed E-state index contributed by atoms with van der Waals surface area (Å²) in [5.41, 5.74) is 2.36. The standard InChI is InChI=1S/C16H11BrClN3OS/c17-11-7-5-10(6-8-11)14-9-23-16(20-14)21-15(22)19-13-4-2-1-3-12(13)18/h1-9H,(H2,19,20,21,22). The molecule has 0 spiro atoms. The second-order valence-electron chi connectivity index (χ2n) is 4.60. The van der Waals surface area contributed by atoms with E-state index in [1.807, 2.05) is 29.6 Å². The third-order valence-corrected chi connectivity index (χ3v) is 4.60. The Hall–Kier alpha value is -1.89. The van der Waals surface area contributed by atoms with Gasteiger partial charge in [0.2, 0.25) is 0 Å². The summed E-state index contributed by atoms with van der Waals surface area (Å²) in [6.45, 7) is 0. The molecule has 0 aliphatic heterocycles. The van der Waals surface area contributed by atoms with E-state index in [0.29, 0.717) is 15.8 Å². The number of aromatic nitrogens is 1. The van der Waals surface area contributed by atoms with Crippen molar-refractivity contribution in [1.82, 2.24) is 4.98 Å². The van der Waals surface area contributed by atoms with Gasteiger partial charge in [-0.1, -0.05) is 51.8 Å². The smallest absolute Gasteiger partial charge is 0.306 e. The average Bonchev–Trinajstić information content (AvgIpc) is 2.98. The summed E-state index contributed by atoms with van der Waals surface area (Å²) >= 11 is 10.8. The number of rotatable bonds is 3. The first-order valence-corrected chi connectivity index (χ1v) is 8.71. The van der Waals surface area contributed by atoms with Gasteiger partial charge >= 0.3 is 6.03 Å². The van der Waals surface area contributed by atoms with Crippen molar-refractivity contribution in [2.24, 2.45) is 0 Å². The zero-order chi connectivity index (χ0) is 16.2. The first-order chi connectivity index (χ1) is 11.1. The van der Waals surface area contributed by atoms with Gasteiger partial charge < -0.3 is 5.32 Å². The molecule has 0 bridgehead atoms. The number of carbonyl (C=O) groups is 1. The van der Waals surface area contributed by atoms with E-state index in [9.17, 15) is 4.79 Å². The number of hydrogen-bond acceptors (Lipinski definition) is 3. The van der Waals surface area contributed by atoms with E-state index >= 15 is 0 Å². The Bertz CT molecular complexity index is 835. The van der Waals surface area contributed by atoms with Crippen molar-refractivity contribution in [3.63, 3.8) is 0 Å². The Balaban J connectivity index is 1.68. The van der Waals surface area contributed by atoms with E-state index in [2.05, 4.69) is 31.5 Å². The highest BCUT2D eigenvalue weighted by Gasteiger charge is 2.09. The van der Waals surface area contributed by atoms with E-state index in [0.717, 1.165) is 15.7 Å². The molecular weight excluding hydrogens is 398 g/mol. The molecule has 0 aliphatic carbocycles. The third kappa shape index (κ3) is 4.10. The van der Waals surface area contributed by atoms with Gasteiger partial charge in [0.25, 0.3) is 0 Å². The molecule has 1 heterocycles. The highest BCUT2D eigenvalue weighted by atomic mass is 79.9. The molecule has 7 heteroatoms. The molecule has 2 aromatic carbocycles. The fourth-order valence-corrected chi connectivity index (χ4v) is 3.06. The Morgan fingerprint density at radius 3 is 2.57 bits per heavy atom. The van der Waals surface area contributed by atoms with Crippen LogP contribution in [0.5, 0.6) is 0 Å². The van der Waals surface area contributed by atoms with Crippen LogP contribution in [0.15, 0.2) is 58.4 Å². The van der Waals surface area contributed by atoms with Crippen molar-refractivity contribution >= 4 is 55.7 Å². The number of hydrogen-bond donors (Lipinski definition) is 2. The first-order valence-electron chi connectivity index (χ1n) is 6.66. The van der Waals surface area contributed by atoms with Gasteiger partial charge in [0.15, 0.2) is 5.13 Å². The maximum Gasteiger partial charge on any atom is 0.325 e. The van der Waals surface area contributed by atoms with Crippen molar-refractivity contribution in [1.29, 1.82) is 0 Å². The molecule has 0 radical (unpaired) electrons. The van der Waals surface area contributed by atoms with Crippen LogP contribution in [0.4, 0.5) is 15.6 Å². The Kier molecular flexibility index (Phi) is 4.95. The molecule has 0 aliphatic rings. The highest BCUT2D eigenvalue weighted by molar-refractivity contribution is 9.10. The number of urea groups is 1. The zero-order valence-electron chi connectivity index (χ0n) is 11.7. The number of halogens is 2. The average molecular weight is 409 g/mol. The summed E-state index contributed by atoms with van der Waals surface area (Å²) in [5, 5.41) is 8.30.